The van der Waals surface area contributed by atoms with E-state index in [0.717, 1.165) is 18.2 Å². The van der Waals surface area contributed by atoms with E-state index in [2.05, 4.69) is 41.9 Å². The summed E-state index contributed by atoms with van der Waals surface area (Å²) in [5.41, 5.74) is 3.92. The molecule has 3 heterocycles. The van der Waals surface area contributed by atoms with E-state index in [1.807, 2.05) is 18.4 Å². The fourth-order valence-corrected chi connectivity index (χ4v) is 3.74. The van der Waals surface area contributed by atoms with Gasteiger partial charge in [-0.15, -0.1) is 0 Å². The second kappa shape index (κ2) is 6.11. The molecule has 7 heteroatoms. The Morgan fingerprint density at radius 3 is 2.52 bits per heavy atom. The van der Waals surface area contributed by atoms with Gasteiger partial charge in [-0.3, -0.25) is 13.9 Å². The van der Waals surface area contributed by atoms with Crippen molar-refractivity contribution in [2.24, 2.45) is 13.0 Å². The van der Waals surface area contributed by atoms with Gasteiger partial charge in [0.15, 0.2) is 11.2 Å². The summed E-state index contributed by atoms with van der Waals surface area (Å²) in [4.78, 5) is 32.5. The monoisotopic (exact) mass is 367 g/mol. The lowest BCUT2D eigenvalue weighted by atomic mass is 10.1. The van der Waals surface area contributed by atoms with Crippen molar-refractivity contribution in [3.05, 3.63) is 50.2 Å². The molecular formula is C20H25N5O2. The van der Waals surface area contributed by atoms with Crippen LogP contribution in [0, 0.1) is 19.8 Å². The number of rotatable bonds is 3. The van der Waals surface area contributed by atoms with Gasteiger partial charge in [0.1, 0.15) is 0 Å². The molecule has 0 fully saturated rings. The van der Waals surface area contributed by atoms with E-state index >= 15 is 0 Å². The largest absolute Gasteiger partial charge is 0.332 e. The Kier molecular flexibility index (Phi) is 3.98. The van der Waals surface area contributed by atoms with Gasteiger partial charge in [-0.05, 0) is 43.0 Å². The summed E-state index contributed by atoms with van der Waals surface area (Å²) in [6.45, 7) is 10.0. The molecule has 0 saturated heterocycles. The van der Waals surface area contributed by atoms with Crippen LogP contribution in [-0.2, 0) is 20.1 Å². The minimum atomic E-state index is -0.310. The summed E-state index contributed by atoms with van der Waals surface area (Å²) < 4.78 is 4.77. The first-order chi connectivity index (χ1) is 12.8. The molecule has 4 rings (SSSR count). The lowest BCUT2D eigenvalue weighted by Crippen LogP contribution is -2.40. The van der Waals surface area contributed by atoms with E-state index in [1.165, 1.54) is 20.3 Å². The smallest absolute Gasteiger partial charge is 0.310 e. The maximum absolute atomic E-state index is 13.1. The molecule has 0 saturated carbocycles. The molecule has 0 spiro atoms. The Hall–Kier alpha value is -2.83. The molecule has 27 heavy (non-hydrogen) atoms. The molecule has 0 bridgehead atoms. The Morgan fingerprint density at radius 2 is 1.85 bits per heavy atom. The first-order valence-electron chi connectivity index (χ1n) is 9.34. The third-order valence-corrected chi connectivity index (χ3v) is 5.35. The third-order valence-electron chi connectivity index (χ3n) is 5.35. The summed E-state index contributed by atoms with van der Waals surface area (Å²) in [5, 5.41) is 0. The minimum absolute atomic E-state index is 0.209. The van der Waals surface area contributed by atoms with E-state index in [1.54, 1.807) is 7.05 Å². The number of anilines is 2. The van der Waals surface area contributed by atoms with Crippen LogP contribution in [0.2, 0.25) is 0 Å². The first-order valence-corrected chi connectivity index (χ1v) is 9.34. The minimum Gasteiger partial charge on any atom is -0.310 e. The molecule has 3 aromatic rings. The van der Waals surface area contributed by atoms with Crippen LogP contribution in [0.15, 0.2) is 27.8 Å². The maximum Gasteiger partial charge on any atom is 0.332 e. The predicted molar refractivity (Wildman–Crippen MR) is 107 cm³/mol. The molecular weight excluding hydrogens is 342 g/mol. The van der Waals surface area contributed by atoms with Crippen molar-refractivity contribution in [2.45, 2.75) is 40.8 Å². The Morgan fingerprint density at radius 1 is 1.11 bits per heavy atom. The van der Waals surface area contributed by atoms with Crippen LogP contribution in [0.3, 0.4) is 0 Å². The number of fused-ring (bicyclic) bond motifs is 3. The normalized spacial score (nSPS) is 13.8. The topological polar surface area (TPSA) is 65.1 Å². The van der Waals surface area contributed by atoms with Crippen LogP contribution in [0.5, 0.6) is 0 Å². The van der Waals surface area contributed by atoms with E-state index < -0.39 is 0 Å². The summed E-state index contributed by atoms with van der Waals surface area (Å²) in [6, 6.07) is 6.31. The molecule has 1 aliphatic rings. The molecule has 7 nitrogen and oxygen atoms in total. The van der Waals surface area contributed by atoms with Crippen LogP contribution >= 0.6 is 0 Å². The summed E-state index contributed by atoms with van der Waals surface area (Å²) in [5.74, 6) is 0.934. The van der Waals surface area contributed by atoms with Gasteiger partial charge in [0.25, 0.3) is 5.56 Å². The van der Waals surface area contributed by atoms with Crippen molar-refractivity contribution in [1.82, 2.24) is 18.7 Å². The highest BCUT2D eigenvalue weighted by Gasteiger charge is 2.28. The molecule has 142 valence electrons. The van der Waals surface area contributed by atoms with Crippen molar-refractivity contribution in [2.75, 3.05) is 11.4 Å². The maximum atomic E-state index is 13.1. The quantitative estimate of drug-likeness (QED) is 0.713. The molecule has 0 amide bonds. The third kappa shape index (κ3) is 2.60. The zero-order chi connectivity index (χ0) is 19.5. The van der Waals surface area contributed by atoms with Gasteiger partial charge in [0.2, 0.25) is 5.95 Å². The van der Waals surface area contributed by atoms with E-state index in [0.29, 0.717) is 24.3 Å². The van der Waals surface area contributed by atoms with E-state index in [9.17, 15) is 9.59 Å². The number of benzene rings is 1. The summed E-state index contributed by atoms with van der Waals surface area (Å²) in [6.07, 6.45) is 0. The van der Waals surface area contributed by atoms with Gasteiger partial charge in [-0.1, -0.05) is 19.9 Å². The van der Waals surface area contributed by atoms with Gasteiger partial charge in [0.05, 0.1) is 0 Å². The molecule has 1 aliphatic heterocycles. The van der Waals surface area contributed by atoms with E-state index in [4.69, 9.17) is 0 Å². The van der Waals surface area contributed by atoms with Crippen LogP contribution in [0.25, 0.3) is 11.2 Å². The summed E-state index contributed by atoms with van der Waals surface area (Å²) >= 11 is 0. The zero-order valence-electron chi connectivity index (χ0n) is 16.5. The van der Waals surface area contributed by atoms with Crippen LogP contribution < -0.4 is 16.1 Å². The second-order valence-corrected chi connectivity index (χ2v) is 7.81. The highest BCUT2D eigenvalue weighted by Crippen LogP contribution is 2.32. The van der Waals surface area contributed by atoms with Crippen molar-refractivity contribution in [3.63, 3.8) is 0 Å². The summed E-state index contributed by atoms with van der Waals surface area (Å²) in [7, 11) is 1.68. The van der Waals surface area contributed by atoms with Gasteiger partial charge < -0.3 is 9.47 Å². The fraction of sp³-hybridized carbons (Fsp3) is 0.450. The number of nitrogens with zero attached hydrogens (tertiary/aromatic N) is 5. The van der Waals surface area contributed by atoms with Gasteiger partial charge in [-0.2, -0.15) is 4.98 Å². The van der Waals surface area contributed by atoms with Crippen molar-refractivity contribution < 1.29 is 0 Å². The Balaban J connectivity index is 1.93. The van der Waals surface area contributed by atoms with Crippen molar-refractivity contribution in [1.29, 1.82) is 0 Å². The number of hydrogen-bond acceptors (Lipinski definition) is 4. The second-order valence-electron chi connectivity index (χ2n) is 7.81. The van der Waals surface area contributed by atoms with Crippen molar-refractivity contribution >= 4 is 22.8 Å². The molecule has 0 unspecified atom stereocenters. The average molecular weight is 367 g/mol. The number of hydrogen-bond donors (Lipinski definition) is 0. The van der Waals surface area contributed by atoms with Gasteiger partial charge in [-0.25, -0.2) is 4.79 Å². The highest BCUT2D eigenvalue weighted by atomic mass is 16.2. The average Bonchev–Trinajstić information content (AvgIpc) is 3.18. The number of imidazole rings is 1. The number of aryl methyl sites for hydroxylation is 3. The predicted octanol–water partition coefficient (Wildman–Crippen LogP) is 2.32. The molecule has 0 radical (unpaired) electrons. The lowest BCUT2D eigenvalue weighted by Gasteiger charge is -2.17. The fourth-order valence-electron chi connectivity index (χ4n) is 3.74. The lowest BCUT2D eigenvalue weighted by molar-refractivity contribution is 0.484. The van der Waals surface area contributed by atoms with Gasteiger partial charge >= 0.3 is 5.69 Å². The van der Waals surface area contributed by atoms with Gasteiger partial charge in [0, 0.05) is 32.4 Å². The standard InChI is InChI=1S/C20H25N5O2/c1-12(2)11-25-18(26)16-17(22(5)20(25)27)21-19-23(8-9-24(16)19)15-7-6-13(3)14(4)10-15/h6-7,10,12H,8-9,11H2,1-5H3. The van der Waals surface area contributed by atoms with Crippen LogP contribution in [-0.4, -0.2) is 25.2 Å². The Bertz CT molecular complexity index is 1170. The highest BCUT2D eigenvalue weighted by molar-refractivity contribution is 5.77. The SMILES string of the molecule is Cc1ccc(N2CCn3c2nc2c3c(=O)n(CC(C)C)c(=O)n2C)cc1C. The molecule has 0 atom stereocenters. The molecule has 1 aromatic carbocycles. The van der Waals surface area contributed by atoms with E-state index in [-0.39, 0.29) is 17.2 Å². The van der Waals surface area contributed by atoms with Crippen molar-refractivity contribution in [3.8, 4) is 0 Å². The van der Waals surface area contributed by atoms with Crippen LogP contribution in [0.1, 0.15) is 25.0 Å². The first kappa shape index (κ1) is 17.6. The Labute approximate surface area is 157 Å². The molecule has 0 aliphatic carbocycles. The molecule has 0 N–H and O–H groups in total. The van der Waals surface area contributed by atoms with Crippen LogP contribution in [0.4, 0.5) is 11.6 Å². The zero-order valence-corrected chi connectivity index (χ0v) is 16.5. The molecule has 2 aromatic heterocycles. The number of aromatic nitrogens is 4.